The van der Waals surface area contributed by atoms with Gasteiger partial charge in [0.1, 0.15) is 0 Å². The molecule has 48 valence electrons. The van der Waals surface area contributed by atoms with Gasteiger partial charge in [-0.15, -0.1) is 0 Å². The number of thiocarbonyl (C=S) groups is 1. The summed E-state index contributed by atoms with van der Waals surface area (Å²) in [5.41, 5.74) is 0. The van der Waals surface area contributed by atoms with E-state index >= 15 is 0 Å². The molecular formula is C5H8NS2Tl. The molecule has 1 nitrogen and oxygen atoms in total. The van der Waals surface area contributed by atoms with Crippen LogP contribution in [0, 0.1) is 0 Å². The zero-order chi connectivity index (χ0) is 6.69. The molecule has 0 aromatic heterocycles. The van der Waals surface area contributed by atoms with Crippen molar-refractivity contribution in [2.75, 3.05) is 13.1 Å². The van der Waals surface area contributed by atoms with Crippen molar-refractivity contribution in [3.05, 3.63) is 0 Å². The molecule has 0 unspecified atom stereocenters. The monoisotopic (exact) mass is 351 g/mol. The second-order valence-electron chi connectivity index (χ2n) is 2.08. The van der Waals surface area contributed by atoms with Crippen LogP contribution in [0.25, 0.3) is 0 Å². The van der Waals surface area contributed by atoms with Gasteiger partial charge in [0.15, 0.2) is 0 Å². The summed E-state index contributed by atoms with van der Waals surface area (Å²) in [6.07, 6.45) is 2.68. The van der Waals surface area contributed by atoms with Gasteiger partial charge in [0.2, 0.25) is 0 Å². The van der Waals surface area contributed by atoms with E-state index in [0.717, 1.165) is 28.6 Å². The predicted molar refractivity (Wildman–Crippen MR) is 46.8 cm³/mol. The summed E-state index contributed by atoms with van der Waals surface area (Å²) in [5.74, 6) is 0. The van der Waals surface area contributed by atoms with Crippen molar-refractivity contribution in [2.24, 2.45) is 0 Å². The van der Waals surface area contributed by atoms with Gasteiger partial charge in [0.05, 0.1) is 0 Å². The first-order valence-electron chi connectivity index (χ1n) is 3.00. The zero-order valence-corrected chi connectivity index (χ0v) is 11.3. The molecule has 0 aromatic rings. The van der Waals surface area contributed by atoms with Gasteiger partial charge in [-0.05, 0) is 0 Å². The SMILES string of the molecule is S=C([S][Tl])N1CCCC1. The standard InChI is InChI=1S/C5H9NS2.Tl/c7-5(8)6-3-1-2-4-6;/h1-4H2,(H,7,8);/q;+1/p-1. The summed E-state index contributed by atoms with van der Waals surface area (Å²) < 4.78 is 1.14. The van der Waals surface area contributed by atoms with Crippen molar-refractivity contribution in [3.63, 3.8) is 0 Å². The molecule has 1 rings (SSSR count). The summed E-state index contributed by atoms with van der Waals surface area (Å²) in [6, 6.07) is 0. The number of likely N-dealkylation sites (tertiary alicyclic amines) is 1. The molecule has 1 saturated heterocycles. The van der Waals surface area contributed by atoms with Crippen LogP contribution in [0.15, 0.2) is 0 Å². The van der Waals surface area contributed by atoms with E-state index in [-0.39, 0.29) is 0 Å². The van der Waals surface area contributed by atoms with Gasteiger partial charge in [-0.1, -0.05) is 0 Å². The van der Waals surface area contributed by atoms with Crippen LogP contribution in [-0.2, 0) is 0 Å². The summed E-state index contributed by atoms with van der Waals surface area (Å²) in [6.45, 7) is 2.41. The van der Waals surface area contributed by atoms with E-state index in [1.807, 2.05) is 8.31 Å². The molecule has 0 aromatic carbocycles. The number of nitrogens with zero attached hydrogens (tertiary/aromatic N) is 1. The molecule has 0 N–H and O–H groups in total. The molecule has 1 fully saturated rings. The molecular weight excluding hydrogens is 343 g/mol. The Balaban J connectivity index is 2.32. The van der Waals surface area contributed by atoms with E-state index in [9.17, 15) is 0 Å². The van der Waals surface area contributed by atoms with Crippen LogP contribution in [0.3, 0.4) is 0 Å². The minimum absolute atomic E-state index is 0.961. The van der Waals surface area contributed by atoms with Gasteiger partial charge in [-0.2, -0.15) is 0 Å². The Hall–Kier alpha value is 1.16. The van der Waals surface area contributed by atoms with E-state index in [2.05, 4.69) is 4.90 Å². The molecule has 0 amide bonds. The third-order valence-corrected chi connectivity index (χ3v) is 7.07. The number of hydrogen-bond donors (Lipinski definition) is 0. The molecule has 0 radical (unpaired) electrons. The summed E-state index contributed by atoms with van der Waals surface area (Å²) in [4.78, 5) is 2.32. The fraction of sp³-hybridized carbons (Fsp3) is 0.800. The molecule has 0 bridgehead atoms. The first kappa shape index (κ1) is 8.26. The first-order chi connectivity index (χ1) is 4.34. The summed E-state index contributed by atoms with van der Waals surface area (Å²) in [7, 11) is 1.85. The summed E-state index contributed by atoms with van der Waals surface area (Å²) in [5, 5.41) is 0. The van der Waals surface area contributed by atoms with E-state index < -0.39 is 0 Å². The van der Waals surface area contributed by atoms with Crippen LogP contribution >= 0.6 is 20.5 Å². The molecule has 0 atom stereocenters. The van der Waals surface area contributed by atoms with E-state index in [1.165, 1.54) is 25.9 Å². The first-order valence-corrected chi connectivity index (χ1v) is 9.79. The molecule has 1 aliphatic rings. The van der Waals surface area contributed by atoms with Crippen LogP contribution < -0.4 is 0 Å². The predicted octanol–water partition coefficient (Wildman–Crippen LogP) is 1.18. The quantitative estimate of drug-likeness (QED) is 0.477. The third-order valence-electron chi connectivity index (χ3n) is 1.47. The van der Waals surface area contributed by atoms with Gasteiger partial charge >= 0.3 is 79.9 Å². The van der Waals surface area contributed by atoms with Crippen LogP contribution in [0.2, 0.25) is 0 Å². The van der Waals surface area contributed by atoms with Crippen LogP contribution in [0.1, 0.15) is 12.8 Å². The van der Waals surface area contributed by atoms with Gasteiger partial charge in [0, 0.05) is 0 Å². The Morgan fingerprint density at radius 2 is 2.00 bits per heavy atom. The Labute approximate surface area is 79.4 Å². The molecule has 0 spiro atoms. The minimum atomic E-state index is 0.961. The maximum atomic E-state index is 5.15. The maximum absolute atomic E-state index is 5.15. The van der Waals surface area contributed by atoms with Crippen molar-refractivity contribution >= 4 is 49.1 Å². The van der Waals surface area contributed by atoms with Crippen molar-refractivity contribution in [2.45, 2.75) is 12.8 Å². The Morgan fingerprint density at radius 1 is 1.44 bits per heavy atom. The molecule has 9 heavy (non-hydrogen) atoms. The number of rotatable bonds is 0. The van der Waals surface area contributed by atoms with Gasteiger partial charge in [-0.3, -0.25) is 0 Å². The topological polar surface area (TPSA) is 3.24 Å². The zero-order valence-electron chi connectivity index (χ0n) is 5.17. The molecule has 1 aliphatic heterocycles. The van der Waals surface area contributed by atoms with Gasteiger partial charge in [-0.25, -0.2) is 0 Å². The number of hydrogen-bond acceptors (Lipinski definition) is 2. The molecule has 0 aliphatic carbocycles. The van der Waals surface area contributed by atoms with E-state index in [1.54, 1.807) is 0 Å². The Morgan fingerprint density at radius 3 is 2.44 bits per heavy atom. The van der Waals surface area contributed by atoms with Crippen LogP contribution in [0.4, 0.5) is 0 Å². The fourth-order valence-corrected chi connectivity index (χ4v) is 3.23. The van der Waals surface area contributed by atoms with Crippen molar-refractivity contribution in [3.8, 4) is 0 Å². The van der Waals surface area contributed by atoms with Gasteiger partial charge < -0.3 is 0 Å². The van der Waals surface area contributed by atoms with Gasteiger partial charge in [0.25, 0.3) is 0 Å². The molecule has 4 heteroatoms. The van der Waals surface area contributed by atoms with Crippen LogP contribution in [0.5, 0.6) is 0 Å². The van der Waals surface area contributed by atoms with E-state index in [4.69, 9.17) is 12.2 Å². The second-order valence-corrected chi connectivity index (χ2v) is 6.09. The van der Waals surface area contributed by atoms with E-state index in [0.29, 0.717) is 0 Å². The normalized spacial score (nSPS) is 18.3. The fourth-order valence-electron chi connectivity index (χ4n) is 0.974. The van der Waals surface area contributed by atoms with Crippen molar-refractivity contribution in [1.29, 1.82) is 0 Å². The molecule has 0 saturated carbocycles. The van der Waals surface area contributed by atoms with Crippen molar-refractivity contribution < 1.29 is 0 Å². The Kier molecular flexibility index (Phi) is 3.79. The molecule has 1 heterocycles. The average Bonchev–Trinajstić information content (AvgIpc) is 2.37. The Bertz CT molecular complexity index is 112. The van der Waals surface area contributed by atoms with Crippen LogP contribution in [-0.4, -0.2) is 46.6 Å². The second kappa shape index (κ2) is 4.13. The van der Waals surface area contributed by atoms with Crippen molar-refractivity contribution in [1.82, 2.24) is 4.90 Å². The third kappa shape index (κ3) is 2.34. The average molecular weight is 351 g/mol. The summed E-state index contributed by atoms with van der Waals surface area (Å²) >= 11 is 6.11.